The SMILES string of the molecule is Cc1cc(C)cc(CN2CCN(C[C@@H](O)[C@H](Cc3ccccc3)NC(=O)O[C@@H]3CCS(=O)(=O)[C@@H]3C(C)C)[C@H](C(=O)NC(C)(C)C)C2)c1. The number of β-amino-alcohol motifs (C(OH)–C–C–N with tert-alkyl or cyclic N) is 1. The van der Waals surface area contributed by atoms with E-state index in [1.165, 1.54) is 16.7 Å². The number of rotatable bonds is 11. The Morgan fingerprint density at radius 1 is 1.02 bits per heavy atom. The normalized spacial score (nSPS) is 23.3. The number of amides is 2. The van der Waals surface area contributed by atoms with Crippen molar-refractivity contribution < 1.29 is 27.9 Å². The Hall–Kier alpha value is -2.99. The van der Waals surface area contributed by atoms with Crippen LogP contribution in [0.1, 0.15) is 63.3 Å². The molecule has 2 saturated heterocycles. The van der Waals surface area contributed by atoms with Gasteiger partial charge in [-0.25, -0.2) is 13.2 Å². The molecule has 2 aliphatic rings. The van der Waals surface area contributed by atoms with E-state index >= 15 is 0 Å². The minimum atomic E-state index is -3.35. The zero-order chi connectivity index (χ0) is 34.5. The molecule has 0 bridgehead atoms. The van der Waals surface area contributed by atoms with Crippen LogP contribution in [-0.2, 0) is 32.3 Å². The third-order valence-corrected chi connectivity index (χ3v) is 11.4. The summed E-state index contributed by atoms with van der Waals surface area (Å²) in [7, 11) is -3.35. The Morgan fingerprint density at radius 2 is 1.68 bits per heavy atom. The van der Waals surface area contributed by atoms with Crippen molar-refractivity contribution in [1.82, 2.24) is 20.4 Å². The van der Waals surface area contributed by atoms with Crippen LogP contribution in [0.5, 0.6) is 0 Å². The maximum Gasteiger partial charge on any atom is 0.407 e. The van der Waals surface area contributed by atoms with Gasteiger partial charge in [-0.1, -0.05) is 73.5 Å². The molecular weight excluding hydrogens is 616 g/mol. The summed E-state index contributed by atoms with van der Waals surface area (Å²) in [6, 6.07) is 14.8. The molecule has 2 aliphatic heterocycles. The highest BCUT2D eigenvalue weighted by atomic mass is 32.2. The van der Waals surface area contributed by atoms with Crippen molar-refractivity contribution in [2.24, 2.45) is 5.92 Å². The fraction of sp³-hybridized carbons (Fsp3) is 0.611. The first-order chi connectivity index (χ1) is 22.0. The third kappa shape index (κ3) is 10.5. The van der Waals surface area contributed by atoms with E-state index in [0.29, 0.717) is 26.1 Å². The van der Waals surface area contributed by atoms with Gasteiger partial charge >= 0.3 is 6.09 Å². The van der Waals surface area contributed by atoms with Gasteiger partial charge in [0.05, 0.1) is 17.9 Å². The number of hydrogen-bond acceptors (Lipinski definition) is 8. The van der Waals surface area contributed by atoms with Crippen LogP contribution >= 0.6 is 0 Å². The summed E-state index contributed by atoms with van der Waals surface area (Å²) in [5, 5.41) is 16.9. The summed E-state index contributed by atoms with van der Waals surface area (Å²) in [5.41, 5.74) is 4.09. The van der Waals surface area contributed by atoms with Gasteiger partial charge in [0, 0.05) is 38.3 Å². The van der Waals surface area contributed by atoms with E-state index in [1.807, 2.05) is 69.9 Å². The van der Waals surface area contributed by atoms with Crippen LogP contribution in [0, 0.1) is 19.8 Å². The zero-order valence-electron chi connectivity index (χ0n) is 29.0. The van der Waals surface area contributed by atoms with Crippen molar-refractivity contribution in [2.75, 3.05) is 31.9 Å². The number of aryl methyl sites for hydroxylation is 2. The van der Waals surface area contributed by atoms with E-state index in [-0.39, 0.29) is 30.5 Å². The average Bonchev–Trinajstić information content (AvgIpc) is 3.25. The topological polar surface area (TPSA) is 128 Å². The molecule has 2 fully saturated rings. The van der Waals surface area contributed by atoms with Crippen molar-refractivity contribution >= 4 is 21.8 Å². The van der Waals surface area contributed by atoms with Gasteiger partial charge in [-0.2, -0.15) is 0 Å². The molecule has 0 aliphatic carbocycles. The molecule has 260 valence electrons. The molecule has 3 N–H and O–H groups in total. The van der Waals surface area contributed by atoms with Gasteiger partial charge in [0.2, 0.25) is 5.91 Å². The van der Waals surface area contributed by atoms with Gasteiger partial charge in [-0.15, -0.1) is 0 Å². The molecule has 4 rings (SSSR count). The number of benzene rings is 2. The first-order valence-corrected chi connectivity index (χ1v) is 18.5. The highest BCUT2D eigenvalue weighted by molar-refractivity contribution is 7.92. The molecule has 0 spiro atoms. The minimum absolute atomic E-state index is 0.0165. The third-order valence-electron chi connectivity index (χ3n) is 8.94. The molecule has 0 radical (unpaired) electrons. The molecule has 2 aromatic carbocycles. The number of nitrogens with one attached hydrogen (secondary N) is 2. The molecule has 2 heterocycles. The number of aliphatic hydroxyl groups is 1. The number of ether oxygens (including phenoxy) is 1. The van der Waals surface area contributed by atoms with Crippen LogP contribution in [0.2, 0.25) is 0 Å². The molecule has 0 aromatic heterocycles. The Kier molecular flexibility index (Phi) is 12.1. The number of carbonyl (C=O) groups is 2. The number of piperazine rings is 1. The summed E-state index contributed by atoms with van der Waals surface area (Å²) in [6.45, 7) is 16.3. The van der Waals surface area contributed by atoms with Gasteiger partial charge in [0.15, 0.2) is 9.84 Å². The van der Waals surface area contributed by atoms with E-state index in [0.717, 1.165) is 12.1 Å². The predicted molar refractivity (Wildman–Crippen MR) is 185 cm³/mol. The van der Waals surface area contributed by atoms with E-state index in [1.54, 1.807) is 0 Å². The molecular formula is C36H54N4O6S. The Morgan fingerprint density at radius 3 is 2.30 bits per heavy atom. The quantitative estimate of drug-likeness (QED) is 0.331. The summed E-state index contributed by atoms with van der Waals surface area (Å²) < 4.78 is 31.0. The summed E-state index contributed by atoms with van der Waals surface area (Å²) in [5.74, 6) is -0.322. The molecule has 0 saturated carbocycles. The van der Waals surface area contributed by atoms with Crippen LogP contribution in [0.25, 0.3) is 0 Å². The van der Waals surface area contributed by atoms with Crippen LogP contribution in [0.15, 0.2) is 48.5 Å². The standard InChI is InChI=1S/C36H54N4O6S/c1-24(2)33-32(13-16-47(33,44)45)46-35(43)37-29(20-27-11-9-8-10-12-27)31(41)23-40-15-14-39(21-28-18-25(3)17-26(4)19-28)22-30(40)34(42)38-36(5,6)7/h8-12,17-19,24,29-33,41H,13-16,20-23H2,1-7H3,(H,37,43)(H,38,42)/t29-,30-,31+,32+,33+/m0/s1. The molecule has 47 heavy (non-hydrogen) atoms. The summed E-state index contributed by atoms with van der Waals surface area (Å²) in [4.78, 5) is 31.2. The lowest BCUT2D eigenvalue weighted by molar-refractivity contribution is -0.131. The Labute approximate surface area is 281 Å². The van der Waals surface area contributed by atoms with Crippen LogP contribution in [0.3, 0.4) is 0 Å². The molecule has 10 nitrogen and oxygen atoms in total. The van der Waals surface area contributed by atoms with E-state index < -0.39 is 51.0 Å². The molecule has 2 aromatic rings. The second-order valence-electron chi connectivity index (χ2n) is 14.8. The number of sulfone groups is 1. The number of hydrogen-bond donors (Lipinski definition) is 3. The van der Waals surface area contributed by atoms with Crippen molar-refractivity contribution in [3.8, 4) is 0 Å². The zero-order valence-corrected chi connectivity index (χ0v) is 29.8. The smallest absolute Gasteiger partial charge is 0.407 e. The summed E-state index contributed by atoms with van der Waals surface area (Å²) in [6.07, 6.45) is -1.95. The monoisotopic (exact) mass is 670 g/mol. The fourth-order valence-electron chi connectivity index (χ4n) is 6.98. The average molecular weight is 671 g/mol. The fourth-order valence-corrected chi connectivity index (χ4v) is 9.30. The first-order valence-electron chi connectivity index (χ1n) is 16.8. The second-order valence-corrected chi connectivity index (χ2v) is 17.1. The van der Waals surface area contributed by atoms with Gasteiger partial charge in [-0.05, 0) is 64.5 Å². The predicted octanol–water partition coefficient (Wildman–Crippen LogP) is 3.61. The maximum absolute atomic E-state index is 13.7. The number of aliphatic hydroxyl groups excluding tert-OH is 1. The largest absolute Gasteiger partial charge is 0.445 e. The van der Waals surface area contributed by atoms with Gasteiger partial charge in [-0.3, -0.25) is 14.6 Å². The van der Waals surface area contributed by atoms with E-state index in [4.69, 9.17) is 4.74 Å². The molecule has 11 heteroatoms. The lowest BCUT2D eigenvalue weighted by Gasteiger charge is -2.43. The minimum Gasteiger partial charge on any atom is -0.445 e. The lowest BCUT2D eigenvalue weighted by atomic mass is 9.99. The maximum atomic E-state index is 13.7. The molecule has 5 atom stereocenters. The first kappa shape index (κ1) is 36.8. The van der Waals surface area contributed by atoms with Crippen LogP contribution in [-0.4, -0.2) is 102 Å². The lowest BCUT2D eigenvalue weighted by Crippen LogP contribution is -2.63. The van der Waals surface area contributed by atoms with Gasteiger partial charge < -0.3 is 20.5 Å². The number of nitrogens with zero attached hydrogens (tertiary/aromatic N) is 2. The number of carbonyl (C=O) groups excluding carboxylic acids is 2. The van der Waals surface area contributed by atoms with Crippen molar-refractivity contribution in [2.45, 2.75) is 103 Å². The Balaban J connectivity index is 1.50. The van der Waals surface area contributed by atoms with Crippen LogP contribution < -0.4 is 10.6 Å². The van der Waals surface area contributed by atoms with Gasteiger partial charge in [0.25, 0.3) is 0 Å². The summed E-state index contributed by atoms with van der Waals surface area (Å²) >= 11 is 0. The molecule has 2 amide bonds. The second kappa shape index (κ2) is 15.5. The number of alkyl carbamates (subject to hydrolysis) is 1. The van der Waals surface area contributed by atoms with Crippen molar-refractivity contribution in [3.05, 3.63) is 70.8 Å². The van der Waals surface area contributed by atoms with E-state index in [2.05, 4.69) is 47.6 Å². The van der Waals surface area contributed by atoms with Crippen molar-refractivity contribution in [3.63, 3.8) is 0 Å². The van der Waals surface area contributed by atoms with Crippen molar-refractivity contribution in [1.29, 1.82) is 0 Å². The van der Waals surface area contributed by atoms with Gasteiger partial charge in [0.1, 0.15) is 17.4 Å². The highest BCUT2D eigenvalue weighted by Crippen LogP contribution is 2.29. The van der Waals surface area contributed by atoms with Crippen LogP contribution in [0.4, 0.5) is 4.79 Å². The van der Waals surface area contributed by atoms with E-state index in [9.17, 15) is 23.1 Å². The molecule has 0 unspecified atom stereocenters. The Bertz CT molecular complexity index is 1460. The highest BCUT2D eigenvalue weighted by Gasteiger charge is 2.45.